The van der Waals surface area contributed by atoms with E-state index in [-0.39, 0.29) is 0 Å². The minimum absolute atomic E-state index is 0.501. The summed E-state index contributed by atoms with van der Waals surface area (Å²) >= 11 is 7.70. The zero-order chi connectivity index (χ0) is 12.3. The van der Waals surface area contributed by atoms with Crippen molar-refractivity contribution in [1.29, 1.82) is 0 Å². The van der Waals surface area contributed by atoms with Crippen molar-refractivity contribution in [3.05, 3.63) is 21.3 Å². The second-order valence-corrected chi connectivity index (χ2v) is 6.50. The molecule has 1 aliphatic heterocycles. The van der Waals surface area contributed by atoms with Crippen molar-refractivity contribution >= 4 is 22.9 Å². The number of hydrogen-bond donors (Lipinski definition) is 1. The van der Waals surface area contributed by atoms with E-state index in [2.05, 4.69) is 30.1 Å². The molecule has 96 valence electrons. The molecule has 1 aromatic rings. The summed E-state index contributed by atoms with van der Waals surface area (Å²) in [6.07, 6.45) is 2.48. The Bertz CT molecular complexity index is 353. The van der Waals surface area contributed by atoms with E-state index in [9.17, 15) is 0 Å². The molecule has 2 unspecified atom stereocenters. The van der Waals surface area contributed by atoms with Crippen LogP contribution in [0.1, 0.15) is 37.6 Å². The third kappa shape index (κ3) is 3.44. The number of nitrogens with one attached hydrogen (secondary N) is 1. The second-order valence-electron chi connectivity index (χ2n) is 4.75. The summed E-state index contributed by atoms with van der Waals surface area (Å²) in [7, 11) is 0. The third-order valence-electron chi connectivity index (χ3n) is 3.46. The summed E-state index contributed by atoms with van der Waals surface area (Å²) in [5, 5.41) is 3.61. The number of likely N-dealkylation sites (tertiary alicyclic amines) is 1. The molecule has 4 heteroatoms. The minimum atomic E-state index is 0.501. The fourth-order valence-corrected chi connectivity index (χ4v) is 3.53. The Morgan fingerprint density at radius 3 is 3.06 bits per heavy atom. The molecule has 1 fully saturated rings. The summed E-state index contributed by atoms with van der Waals surface area (Å²) < 4.78 is 0.895. The predicted molar refractivity (Wildman–Crippen MR) is 76.0 cm³/mol. The third-order valence-corrected chi connectivity index (χ3v) is 4.86. The first-order valence-electron chi connectivity index (χ1n) is 6.43. The van der Waals surface area contributed by atoms with Crippen molar-refractivity contribution in [2.45, 2.75) is 38.8 Å². The molecule has 17 heavy (non-hydrogen) atoms. The molecular formula is C13H21ClN2S. The van der Waals surface area contributed by atoms with E-state index in [1.165, 1.54) is 24.3 Å². The van der Waals surface area contributed by atoms with Gasteiger partial charge in [0.2, 0.25) is 0 Å². The maximum Gasteiger partial charge on any atom is 0.0931 e. The first-order chi connectivity index (χ1) is 8.20. The van der Waals surface area contributed by atoms with Gasteiger partial charge in [0.05, 0.1) is 4.34 Å². The summed E-state index contributed by atoms with van der Waals surface area (Å²) in [5.74, 6) is 0. The van der Waals surface area contributed by atoms with Gasteiger partial charge in [-0.05, 0) is 38.4 Å². The smallest absolute Gasteiger partial charge is 0.0931 e. The van der Waals surface area contributed by atoms with Crippen LogP contribution < -0.4 is 5.32 Å². The largest absolute Gasteiger partial charge is 0.313 e. The van der Waals surface area contributed by atoms with E-state index in [0.29, 0.717) is 12.1 Å². The van der Waals surface area contributed by atoms with Crippen molar-refractivity contribution in [2.24, 2.45) is 0 Å². The van der Waals surface area contributed by atoms with Crippen LogP contribution in [0.2, 0.25) is 4.34 Å². The molecule has 0 bridgehead atoms. The van der Waals surface area contributed by atoms with Gasteiger partial charge in [-0.3, -0.25) is 4.90 Å². The molecule has 2 heterocycles. The number of halogens is 1. The van der Waals surface area contributed by atoms with Gasteiger partial charge >= 0.3 is 0 Å². The average molecular weight is 273 g/mol. The second kappa shape index (κ2) is 6.19. The van der Waals surface area contributed by atoms with E-state index in [0.717, 1.165) is 17.4 Å². The highest BCUT2D eigenvalue weighted by atomic mass is 35.5. The van der Waals surface area contributed by atoms with Gasteiger partial charge in [-0.25, -0.2) is 0 Å². The van der Waals surface area contributed by atoms with Crippen molar-refractivity contribution in [3.8, 4) is 0 Å². The van der Waals surface area contributed by atoms with E-state index in [1.807, 2.05) is 6.07 Å². The van der Waals surface area contributed by atoms with E-state index >= 15 is 0 Å². The van der Waals surface area contributed by atoms with Crippen LogP contribution in [0.4, 0.5) is 0 Å². The number of thiophene rings is 1. The quantitative estimate of drug-likeness (QED) is 0.882. The highest BCUT2D eigenvalue weighted by Gasteiger charge is 2.26. The number of hydrogen-bond acceptors (Lipinski definition) is 3. The molecule has 0 spiro atoms. The molecule has 1 saturated heterocycles. The monoisotopic (exact) mass is 272 g/mol. The SMILES string of the molecule is CCCNC1CCN(C(C)c2ccc(Cl)s2)C1. The Balaban J connectivity index is 1.87. The molecule has 2 rings (SSSR count). The van der Waals surface area contributed by atoms with Crippen LogP contribution >= 0.6 is 22.9 Å². The molecule has 1 aromatic heterocycles. The summed E-state index contributed by atoms with van der Waals surface area (Å²) in [4.78, 5) is 3.93. The van der Waals surface area contributed by atoms with Gasteiger partial charge in [0, 0.05) is 30.1 Å². The average Bonchev–Trinajstić information content (AvgIpc) is 2.94. The van der Waals surface area contributed by atoms with Gasteiger partial charge in [0.15, 0.2) is 0 Å². The lowest BCUT2D eigenvalue weighted by molar-refractivity contribution is 0.259. The number of rotatable bonds is 5. The standard InChI is InChI=1S/C13H21ClN2S/c1-3-7-15-11-6-8-16(9-11)10(2)12-4-5-13(14)17-12/h4-5,10-11,15H,3,6-9H2,1-2H3. The normalized spacial score (nSPS) is 23.1. The van der Waals surface area contributed by atoms with Gasteiger partial charge in [0.25, 0.3) is 0 Å². The van der Waals surface area contributed by atoms with Gasteiger partial charge in [-0.1, -0.05) is 18.5 Å². The lowest BCUT2D eigenvalue weighted by Crippen LogP contribution is -2.33. The summed E-state index contributed by atoms with van der Waals surface area (Å²) in [5.41, 5.74) is 0. The minimum Gasteiger partial charge on any atom is -0.313 e. The Hall–Kier alpha value is -0.0900. The van der Waals surface area contributed by atoms with Crippen LogP contribution in [-0.2, 0) is 0 Å². The molecule has 2 atom stereocenters. The molecule has 0 amide bonds. The highest BCUT2D eigenvalue weighted by molar-refractivity contribution is 7.16. The predicted octanol–water partition coefficient (Wildman–Crippen LogP) is 3.54. The first-order valence-corrected chi connectivity index (χ1v) is 7.62. The van der Waals surface area contributed by atoms with Gasteiger partial charge in [0.1, 0.15) is 0 Å². The van der Waals surface area contributed by atoms with E-state index in [1.54, 1.807) is 11.3 Å². The Morgan fingerprint density at radius 2 is 2.41 bits per heavy atom. The van der Waals surface area contributed by atoms with Crippen LogP contribution in [0, 0.1) is 0 Å². The summed E-state index contributed by atoms with van der Waals surface area (Å²) in [6.45, 7) is 7.99. The molecule has 0 radical (unpaired) electrons. The van der Waals surface area contributed by atoms with Crippen molar-refractivity contribution in [1.82, 2.24) is 10.2 Å². The molecule has 1 aliphatic rings. The lowest BCUT2D eigenvalue weighted by Gasteiger charge is -2.23. The van der Waals surface area contributed by atoms with E-state index < -0.39 is 0 Å². The molecule has 0 aromatic carbocycles. The molecule has 2 nitrogen and oxygen atoms in total. The van der Waals surface area contributed by atoms with Crippen molar-refractivity contribution in [2.75, 3.05) is 19.6 Å². The lowest BCUT2D eigenvalue weighted by atomic mass is 10.2. The molecular weight excluding hydrogens is 252 g/mol. The Morgan fingerprint density at radius 1 is 1.59 bits per heavy atom. The topological polar surface area (TPSA) is 15.3 Å². The van der Waals surface area contributed by atoms with Crippen LogP contribution in [0.3, 0.4) is 0 Å². The zero-order valence-corrected chi connectivity index (χ0v) is 12.2. The Labute approximate surface area is 113 Å². The van der Waals surface area contributed by atoms with Gasteiger partial charge < -0.3 is 5.32 Å². The van der Waals surface area contributed by atoms with Gasteiger partial charge in [-0.2, -0.15) is 0 Å². The Kier molecular flexibility index (Phi) is 4.86. The van der Waals surface area contributed by atoms with Crippen LogP contribution in [-0.4, -0.2) is 30.6 Å². The summed E-state index contributed by atoms with van der Waals surface area (Å²) in [6, 6.07) is 5.33. The zero-order valence-electron chi connectivity index (χ0n) is 10.6. The highest BCUT2D eigenvalue weighted by Crippen LogP contribution is 2.31. The maximum atomic E-state index is 6.00. The molecule has 1 N–H and O–H groups in total. The molecule has 0 saturated carbocycles. The van der Waals surface area contributed by atoms with Crippen LogP contribution in [0.15, 0.2) is 12.1 Å². The van der Waals surface area contributed by atoms with Crippen molar-refractivity contribution < 1.29 is 0 Å². The van der Waals surface area contributed by atoms with Gasteiger partial charge in [-0.15, -0.1) is 11.3 Å². The fourth-order valence-electron chi connectivity index (χ4n) is 2.39. The van der Waals surface area contributed by atoms with Crippen molar-refractivity contribution in [3.63, 3.8) is 0 Å². The fraction of sp³-hybridized carbons (Fsp3) is 0.692. The van der Waals surface area contributed by atoms with Crippen LogP contribution in [0.25, 0.3) is 0 Å². The van der Waals surface area contributed by atoms with Crippen LogP contribution in [0.5, 0.6) is 0 Å². The number of nitrogens with zero attached hydrogens (tertiary/aromatic N) is 1. The van der Waals surface area contributed by atoms with E-state index in [4.69, 9.17) is 11.6 Å². The maximum absolute atomic E-state index is 6.00. The first kappa shape index (κ1) is 13.3. The molecule has 0 aliphatic carbocycles.